The normalized spacial score (nSPS) is 10.5. The minimum atomic E-state index is 0.0729. The van der Waals surface area contributed by atoms with Crippen LogP contribution in [-0.2, 0) is 6.42 Å². The molecule has 0 aromatic heterocycles. The van der Waals surface area contributed by atoms with Crippen LogP contribution in [0.1, 0.15) is 40.4 Å². The number of hydrogen-bond acceptors (Lipinski definition) is 1. The molecule has 0 fully saturated rings. The summed E-state index contributed by atoms with van der Waals surface area (Å²) in [4.78, 5) is 12.4. The molecule has 1 nitrogen and oxygen atoms in total. The summed E-state index contributed by atoms with van der Waals surface area (Å²) in [6.45, 7) is 4.17. The number of hydrogen-bond donors (Lipinski definition) is 0. The van der Waals surface area contributed by atoms with Crippen LogP contribution in [0.4, 0.5) is 0 Å². The van der Waals surface area contributed by atoms with Crippen molar-refractivity contribution in [1.82, 2.24) is 0 Å². The Morgan fingerprint density at radius 3 is 2.26 bits per heavy atom. The molecule has 2 rings (SSSR count). The van der Waals surface area contributed by atoms with Crippen LogP contribution in [0, 0.1) is 6.92 Å². The van der Waals surface area contributed by atoms with Gasteiger partial charge in [-0.25, -0.2) is 0 Å². The molecule has 0 saturated carbocycles. The predicted octanol–water partition coefficient (Wildman–Crippen LogP) is 4.94. The minimum Gasteiger partial charge on any atom is -0.289 e. The number of rotatable bonds is 4. The topological polar surface area (TPSA) is 17.1 Å². The summed E-state index contributed by atoms with van der Waals surface area (Å²) < 4.78 is 0.973. The van der Waals surface area contributed by atoms with Crippen molar-refractivity contribution in [3.05, 3.63) is 69.2 Å². The zero-order valence-corrected chi connectivity index (χ0v) is 12.8. The monoisotopic (exact) mass is 316 g/mol. The Balaban J connectivity index is 2.25. The van der Waals surface area contributed by atoms with E-state index in [1.54, 1.807) is 0 Å². The van der Waals surface area contributed by atoms with Gasteiger partial charge in [0.25, 0.3) is 0 Å². The lowest BCUT2D eigenvalue weighted by molar-refractivity contribution is 0.103. The van der Waals surface area contributed by atoms with E-state index in [1.807, 2.05) is 49.4 Å². The number of benzene rings is 2. The van der Waals surface area contributed by atoms with Crippen molar-refractivity contribution in [2.75, 3.05) is 0 Å². The first-order chi connectivity index (χ1) is 9.11. The van der Waals surface area contributed by atoms with E-state index in [9.17, 15) is 4.79 Å². The van der Waals surface area contributed by atoms with Crippen molar-refractivity contribution in [2.24, 2.45) is 0 Å². The summed E-state index contributed by atoms with van der Waals surface area (Å²) in [5.41, 5.74) is 3.88. The van der Waals surface area contributed by atoms with Gasteiger partial charge in [0.1, 0.15) is 0 Å². The van der Waals surface area contributed by atoms with E-state index in [0.29, 0.717) is 0 Å². The lowest BCUT2D eigenvalue weighted by Crippen LogP contribution is -2.01. The molecule has 98 valence electrons. The lowest BCUT2D eigenvalue weighted by Gasteiger charge is -2.05. The number of carbonyl (C=O) groups excluding carboxylic acids is 1. The van der Waals surface area contributed by atoms with Crippen LogP contribution in [0.3, 0.4) is 0 Å². The van der Waals surface area contributed by atoms with Crippen molar-refractivity contribution in [3.8, 4) is 0 Å². The van der Waals surface area contributed by atoms with Gasteiger partial charge < -0.3 is 0 Å². The number of ketones is 1. The molecule has 0 aliphatic heterocycles. The third kappa shape index (κ3) is 3.32. The van der Waals surface area contributed by atoms with E-state index in [-0.39, 0.29) is 5.78 Å². The van der Waals surface area contributed by atoms with Gasteiger partial charge in [-0.2, -0.15) is 0 Å². The molecule has 2 aromatic rings. The molecule has 0 spiro atoms. The molecule has 2 aromatic carbocycles. The SMILES string of the molecule is CCCc1ccc(C(=O)c2ccc(C)c(Br)c2)cc1. The Morgan fingerprint density at radius 1 is 1.05 bits per heavy atom. The zero-order chi connectivity index (χ0) is 13.8. The highest BCUT2D eigenvalue weighted by Crippen LogP contribution is 2.20. The van der Waals surface area contributed by atoms with Crippen LogP contribution in [0.2, 0.25) is 0 Å². The summed E-state index contributed by atoms with van der Waals surface area (Å²) in [6, 6.07) is 13.6. The van der Waals surface area contributed by atoms with Crippen LogP contribution in [0.5, 0.6) is 0 Å². The van der Waals surface area contributed by atoms with Crippen LogP contribution in [0.15, 0.2) is 46.9 Å². The molecule has 19 heavy (non-hydrogen) atoms. The number of carbonyl (C=O) groups is 1. The second kappa shape index (κ2) is 6.16. The predicted molar refractivity (Wildman–Crippen MR) is 82.7 cm³/mol. The summed E-state index contributed by atoms with van der Waals surface area (Å²) in [7, 11) is 0. The minimum absolute atomic E-state index is 0.0729. The fourth-order valence-corrected chi connectivity index (χ4v) is 2.39. The average molecular weight is 317 g/mol. The summed E-state index contributed by atoms with van der Waals surface area (Å²) >= 11 is 3.47. The maximum atomic E-state index is 12.4. The zero-order valence-electron chi connectivity index (χ0n) is 11.2. The smallest absolute Gasteiger partial charge is 0.193 e. The molecule has 0 amide bonds. The quantitative estimate of drug-likeness (QED) is 0.730. The molecule has 0 heterocycles. The molecule has 0 aliphatic carbocycles. The second-order valence-electron chi connectivity index (χ2n) is 4.74. The van der Waals surface area contributed by atoms with Crippen molar-refractivity contribution in [2.45, 2.75) is 26.7 Å². The van der Waals surface area contributed by atoms with Gasteiger partial charge in [-0.05, 0) is 30.5 Å². The maximum absolute atomic E-state index is 12.4. The Kier molecular flexibility index (Phi) is 4.54. The van der Waals surface area contributed by atoms with Crippen molar-refractivity contribution < 1.29 is 4.79 Å². The van der Waals surface area contributed by atoms with Crippen LogP contribution < -0.4 is 0 Å². The van der Waals surface area contributed by atoms with E-state index in [0.717, 1.165) is 34.0 Å². The first kappa shape index (κ1) is 14.0. The van der Waals surface area contributed by atoms with Crippen LogP contribution in [-0.4, -0.2) is 5.78 Å². The average Bonchev–Trinajstić information content (AvgIpc) is 2.42. The van der Waals surface area contributed by atoms with E-state index >= 15 is 0 Å². The molecular weight excluding hydrogens is 300 g/mol. The third-order valence-electron chi connectivity index (χ3n) is 3.19. The highest BCUT2D eigenvalue weighted by molar-refractivity contribution is 9.10. The molecule has 2 heteroatoms. The van der Waals surface area contributed by atoms with Crippen molar-refractivity contribution in [3.63, 3.8) is 0 Å². The third-order valence-corrected chi connectivity index (χ3v) is 4.04. The van der Waals surface area contributed by atoms with Gasteiger partial charge in [-0.3, -0.25) is 4.79 Å². The lowest BCUT2D eigenvalue weighted by atomic mass is 10.0. The van der Waals surface area contributed by atoms with Gasteiger partial charge in [0.05, 0.1) is 0 Å². The largest absolute Gasteiger partial charge is 0.289 e. The highest BCUT2D eigenvalue weighted by atomic mass is 79.9. The van der Waals surface area contributed by atoms with Gasteiger partial charge in [0, 0.05) is 15.6 Å². The number of halogens is 1. The van der Waals surface area contributed by atoms with Gasteiger partial charge in [0.2, 0.25) is 0 Å². The van der Waals surface area contributed by atoms with Gasteiger partial charge >= 0.3 is 0 Å². The maximum Gasteiger partial charge on any atom is 0.193 e. The first-order valence-electron chi connectivity index (χ1n) is 6.51. The molecule has 0 radical (unpaired) electrons. The van der Waals surface area contributed by atoms with Gasteiger partial charge in [0.15, 0.2) is 5.78 Å². The molecule has 0 unspecified atom stereocenters. The van der Waals surface area contributed by atoms with E-state index in [4.69, 9.17) is 0 Å². The summed E-state index contributed by atoms with van der Waals surface area (Å²) in [5.74, 6) is 0.0729. The molecule has 0 bridgehead atoms. The van der Waals surface area contributed by atoms with Gasteiger partial charge in [-0.15, -0.1) is 0 Å². The van der Waals surface area contributed by atoms with Crippen molar-refractivity contribution >= 4 is 21.7 Å². The molecule has 0 saturated heterocycles. The molecule has 0 atom stereocenters. The second-order valence-corrected chi connectivity index (χ2v) is 5.59. The molecule has 0 aliphatic rings. The number of aryl methyl sites for hydroxylation is 2. The molecular formula is C17H17BrO. The van der Waals surface area contributed by atoms with Crippen molar-refractivity contribution in [1.29, 1.82) is 0 Å². The Hall–Kier alpha value is -1.41. The highest BCUT2D eigenvalue weighted by Gasteiger charge is 2.10. The van der Waals surface area contributed by atoms with E-state index in [2.05, 4.69) is 22.9 Å². The summed E-state index contributed by atoms with van der Waals surface area (Å²) in [6.07, 6.45) is 2.18. The Labute approximate surface area is 122 Å². The summed E-state index contributed by atoms with van der Waals surface area (Å²) in [5, 5.41) is 0. The fraction of sp³-hybridized carbons (Fsp3) is 0.235. The standard InChI is InChI=1S/C17H17BrO/c1-3-4-13-6-9-14(10-7-13)17(19)15-8-5-12(2)16(18)11-15/h5-11H,3-4H2,1-2H3. The Morgan fingerprint density at radius 2 is 1.68 bits per heavy atom. The molecule has 0 N–H and O–H groups in total. The first-order valence-corrected chi connectivity index (χ1v) is 7.31. The Bertz CT molecular complexity index is 585. The van der Waals surface area contributed by atoms with Crippen LogP contribution in [0.25, 0.3) is 0 Å². The van der Waals surface area contributed by atoms with E-state index < -0.39 is 0 Å². The van der Waals surface area contributed by atoms with E-state index in [1.165, 1.54) is 5.56 Å². The van der Waals surface area contributed by atoms with Crippen LogP contribution >= 0.6 is 15.9 Å². The fourth-order valence-electron chi connectivity index (χ4n) is 2.01. The van der Waals surface area contributed by atoms with Gasteiger partial charge in [-0.1, -0.05) is 65.7 Å².